The van der Waals surface area contributed by atoms with Crippen LogP contribution in [0.4, 0.5) is 15.9 Å². The number of aromatic nitrogens is 3. The Morgan fingerprint density at radius 2 is 1.97 bits per heavy atom. The summed E-state index contributed by atoms with van der Waals surface area (Å²) in [6, 6.07) is 8.95. The monoisotopic (exact) mass is 453 g/mol. The minimum atomic E-state index is -2.42. The van der Waals surface area contributed by atoms with Crippen molar-refractivity contribution in [3.05, 3.63) is 65.9 Å². The van der Waals surface area contributed by atoms with Gasteiger partial charge in [-0.3, -0.25) is 4.40 Å². The Bertz CT molecular complexity index is 1450. The molecule has 0 amide bonds. The van der Waals surface area contributed by atoms with Gasteiger partial charge in [-0.1, -0.05) is 0 Å². The molecule has 1 unspecified atom stereocenters. The van der Waals surface area contributed by atoms with Crippen LogP contribution in [0.3, 0.4) is 0 Å². The maximum atomic E-state index is 15.0. The molecule has 1 atom stereocenters. The van der Waals surface area contributed by atoms with Gasteiger partial charge in [0.2, 0.25) is 0 Å². The van der Waals surface area contributed by atoms with Gasteiger partial charge in [0.25, 0.3) is 0 Å². The van der Waals surface area contributed by atoms with E-state index in [4.69, 9.17) is 4.74 Å². The second kappa shape index (κ2) is 8.23. The molecule has 0 aliphatic heterocycles. The molecule has 2 aromatic heterocycles. The summed E-state index contributed by atoms with van der Waals surface area (Å²) in [6.07, 6.45) is 6.61. The van der Waals surface area contributed by atoms with Crippen LogP contribution < -0.4 is 10.1 Å². The lowest BCUT2D eigenvalue weighted by Crippen LogP contribution is -2.02. The van der Waals surface area contributed by atoms with Crippen molar-refractivity contribution < 1.29 is 13.3 Å². The fourth-order valence-electron chi connectivity index (χ4n) is 3.68. The molecule has 166 valence electrons. The standard InChI is InChI=1S/C23H24FN5O2S/c1-14-12-16(6-9-20(14)32(5,30)25-3)28-22-23-27-13-18(29(23)11-10-26-22)17-7-8-19(31-4)15(2)21(17)24/h6-13H,1-5H3,(H,26,28). The number of fused-ring (bicyclic) bond motifs is 1. The Balaban J connectivity index is 1.75. The van der Waals surface area contributed by atoms with Gasteiger partial charge in [-0.25, -0.2) is 22.9 Å². The van der Waals surface area contributed by atoms with Crippen molar-refractivity contribution in [2.75, 3.05) is 25.7 Å². The summed E-state index contributed by atoms with van der Waals surface area (Å²) >= 11 is 0. The first-order valence-electron chi connectivity index (χ1n) is 9.90. The average Bonchev–Trinajstić information content (AvgIpc) is 3.20. The van der Waals surface area contributed by atoms with E-state index in [1.807, 2.05) is 19.1 Å². The third-order valence-electron chi connectivity index (χ3n) is 5.45. The molecule has 0 fully saturated rings. The maximum Gasteiger partial charge on any atom is 0.180 e. The number of imidazole rings is 1. The number of methoxy groups -OCH3 is 1. The van der Waals surface area contributed by atoms with Crippen molar-refractivity contribution in [1.82, 2.24) is 14.4 Å². The van der Waals surface area contributed by atoms with Gasteiger partial charge in [-0.2, -0.15) is 0 Å². The first kappa shape index (κ1) is 21.8. The molecule has 2 aromatic carbocycles. The molecule has 0 radical (unpaired) electrons. The highest BCUT2D eigenvalue weighted by Crippen LogP contribution is 2.32. The molecule has 1 N–H and O–H groups in total. The number of hydrogen-bond acceptors (Lipinski definition) is 6. The fourth-order valence-corrected chi connectivity index (χ4v) is 4.85. The Labute approximate surface area is 186 Å². The number of rotatable bonds is 5. The smallest absolute Gasteiger partial charge is 0.180 e. The van der Waals surface area contributed by atoms with Crippen LogP contribution in [0.25, 0.3) is 16.9 Å². The predicted octanol–water partition coefficient (Wildman–Crippen LogP) is 4.99. The van der Waals surface area contributed by atoms with E-state index in [-0.39, 0.29) is 5.82 Å². The average molecular weight is 454 g/mol. The number of ether oxygens (including phenoxy) is 1. The van der Waals surface area contributed by atoms with Crippen molar-refractivity contribution in [3.63, 3.8) is 0 Å². The molecular weight excluding hydrogens is 429 g/mol. The van der Waals surface area contributed by atoms with Gasteiger partial charge < -0.3 is 10.1 Å². The second-order valence-electron chi connectivity index (χ2n) is 7.46. The van der Waals surface area contributed by atoms with Crippen LogP contribution in [0, 0.1) is 19.7 Å². The Morgan fingerprint density at radius 3 is 2.66 bits per heavy atom. The minimum absolute atomic E-state index is 0.354. The summed E-state index contributed by atoms with van der Waals surface area (Å²) in [4.78, 5) is 9.59. The first-order chi connectivity index (χ1) is 15.3. The van der Waals surface area contributed by atoms with Crippen molar-refractivity contribution in [2.45, 2.75) is 18.7 Å². The lowest BCUT2D eigenvalue weighted by Gasteiger charge is -2.12. The van der Waals surface area contributed by atoms with Gasteiger partial charge in [-0.15, -0.1) is 0 Å². The largest absolute Gasteiger partial charge is 0.496 e. The molecule has 9 heteroatoms. The van der Waals surface area contributed by atoms with Crippen LogP contribution >= 0.6 is 0 Å². The van der Waals surface area contributed by atoms with Crippen LogP contribution in [0.15, 0.2) is 58.2 Å². The number of benzene rings is 2. The van der Waals surface area contributed by atoms with E-state index in [1.165, 1.54) is 7.11 Å². The van der Waals surface area contributed by atoms with Crippen LogP contribution in [-0.2, 0) is 9.73 Å². The molecule has 4 aromatic rings. The van der Waals surface area contributed by atoms with E-state index < -0.39 is 9.73 Å². The lowest BCUT2D eigenvalue weighted by molar-refractivity contribution is 0.407. The molecule has 0 spiro atoms. The second-order valence-corrected chi connectivity index (χ2v) is 9.87. The number of hydrogen-bond donors (Lipinski definition) is 1. The molecule has 2 heterocycles. The van der Waals surface area contributed by atoms with E-state index in [0.717, 1.165) is 11.3 Å². The molecule has 32 heavy (non-hydrogen) atoms. The highest BCUT2D eigenvalue weighted by atomic mass is 32.2. The van der Waals surface area contributed by atoms with Gasteiger partial charge in [0.15, 0.2) is 11.5 Å². The number of halogens is 1. The lowest BCUT2D eigenvalue weighted by atomic mass is 10.1. The first-order valence-corrected chi connectivity index (χ1v) is 11.8. The highest BCUT2D eigenvalue weighted by Gasteiger charge is 2.17. The summed E-state index contributed by atoms with van der Waals surface area (Å²) in [5.41, 5.74) is 3.66. The number of nitrogens with one attached hydrogen (secondary N) is 1. The third kappa shape index (κ3) is 3.69. The van der Waals surface area contributed by atoms with Crippen LogP contribution in [0.1, 0.15) is 11.1 Å². The van der Waals surface area contributed by atoms with Crippen molar-refractivity contribution in [2.24, 2.45) is 4.36 Å². The highest BCUT2D eigenvalue weighted by molar-refractivity contribution is 7.93. The summed E-state index contributed by atoms with van der Waals surface area (Å²) < 4.78 is 38.6. The molecule has 0 saturated carbocycles. The summed E-state index contributed by atoms with van der Waals surface area (Å²) in [5, 5.41) is 3.26. The van der Waals surface area contributed by atoms with Crippen LogP contribution in [-0.4, -0.2) is 39.0 Å². The van der Waals surface area contributed by atoms with Gasteiger partial charge in [0, 0.05) is 42.5 Å². The predicted molar refractivity (Wildman–Crippen MR) is 125 cm³/mol. The fraction of sp³-hybridized carbons (Fsp3) is 0.217. The quantitative estimate of drug-likeness (QED) is 0.460. The van der Waals surface area contributed by atoms with E-state index in [0.29, 0.717) is 38.9 Å². The Kier molecular flexibility index (Phi) is 5.60. The van der Waals surface area contributed by atoms with Gasteiger partial charge in [-0.05, 0) is 49.7 Å². The van der Waals surface area contributed by atoms with Crippen molar-refractivity contribution in [3.8, 4) is 17.0 Å². The van der Waals surface area contributed by atoms with Gasteiger partial charge >= 0.3 is 0 Å². The van der Waals surface area contributed by atoms with E-state index in [9.17, 15) is 4.21 Å². The topological polar surface area (TPSA) is 80.9 Å². The van der Waals surface area contributed by atoms with Crippen molar-refractivity contribution >= 4 is 26.9 Å². The normalized spacial score (nSPS) is 13.1. The number of nitrogens with zero attached hydrogens (tertiary/aromatic N) is 4. The SMILES string of the molecule is CN=S(C)(=O)c1ccc(Nc2nccn3c(-c4ccc(OC)c(C)c4F)cnc23)cc1C. The van der Waals surface area contributed by atoms with E-state index >= 15 is 4.39 Å². The van der Waals surface area contributed by atoms with Crippen LogP contribution in [0.5, 0.6) is 5.75 Å². The molecular formula is C23H24FN5O2S. The Morgan fingerprint density at radius 1 is 1.19 bits per heavy atom. The molecule has 0 bridgehead atoms. The summed E-state index contributed by atoms with van der Waals surface area (Å²) in [6.45, 7) is 3.58. The van der Waals surface area contributed by atoms with Crippen LogP contribution in [0.2, 0.25) is 0 Å². The number of anilines is 2. The molecule has 4 rings (SSSR count). The van der Waals surface area contributed by atoms with Gasteiger partial charge in [0.05, 0.1) is 33.6 Å². The molecule has 0 aliphatic carbocycles. The number of aryl methyl sites for hydroxylation is 1. The molecule has 0 aliphatic rings. The minimum Gasteiger partial charge on any atom is -0.496 e. The van der Waals surface area contributed by atoms with E-state index in [1.54, 1.807) is 61.4 Å². The van der Waals surface area contributed by atoms with Crippen molar-refractivity contribution in [1.29, 1.82) is 0 Å². The third-order valence-corrected chi connectivity index (χ3v) is 7.43. The van der Waals surface area contributed by atoms with E-state index in [2.05, 4.69) is 19.6 Å². The zero-order chi connectivity index (χ0) is 23.0. The Hall–Kier alpha value is -3.46. The van der Waals surface area contributed by atoms with Gasteiger partial charge in [0.1, 0.15) is 11.6 Å². The zero-order valence-electron chi connectivity index (χ0n) is 18.5. The molecule has 0 saturated heterocycles. The maximum absolute atomic E-state index is 15.0. The summed E-state index contributed by atoms with van der Waals surface area (Å²) in [5.74, 6) is 0.664. The summed E-state index contributed by atoms with van der Waals surface area (Å²) in [7, 11) is 0.652. The molecule has 7 nitrogen and oxygen atoms in total. The zero-order valence-corrected chi connectivity index (χ0v) is 19.3.